The molecule has 0 saturated heterocycles. The monoisotopic (exact) mass is 360 g/mol. The molecule has 0 aromatic heterocycles. The van der Waals surface area contributed by atoms with Crippen molar-refractivity contribution in [1.82, 2.24) is 0 Å². The van der Waals surface area contributed by atoms with Crippen molar-refractivity contribution in [3.05, 3.63) is 77.9 Å². The summed E-state index contributed by atoms with van der Waals surface area (Å²) in [6.45, 7) is 1.83. The lowest BCUT2D eigenvalue weighted by molar-refractivity contribution is 0.477. The zero-order valence-corrected chi connectivity index (χ0v) is 14.0. The van der Waals surface area contributed by atoms with Crippen LogP contribution >= 0.6 is 0 Å². The lowest BCUT2D eigenvalue weighted by atomic mass is 10.0. The summed E-state index contributed by atoms with van der Waals surface area (Å²) in [5.74, 6) is -1.55. The van der Waals surface area contributed by atoms with Gasteiger partial charge in [-0.1, -0.05) is 17.7 Å². The van der Waals surface area contributed by atoms with Gasteiger partial charge in [0.15, 0.2) is 0 Å². The molecule has 0 saturated carbocycles. The largest absolute Gasteiger partial charge is 0.507 e. The van der Waals surface area contributed by atoms with Crippen LogP contribution in [0.2, 0.25) is 0 Å². The molecule has 1 N–H and O–H groups in total. The second-order valence-electron chi connectivity index (χ2n) is 5.62. The fourth-order valence-corrected chi connectivity index (χ4v) is 3.82. The zero-order valence-electron chi connectivity index (χ0n) is 13.2. The van der Waals surface area contributed by atoms with Gasteiger partial charge in [0.25, 0.3) is 0 Å². The normalized spacial score (nSPS) is 11.5. The Hall–Kier alpha value is -2.73. The number of hydrogen-bond acceptors (Lipinski definition) is 3. The van der Waals surface area contributed by atoms with E-state index in [0.717, 1.165) is 42.0 Å². The number of rotatable bonds is 3. The van der Waals surface area contributed by atoms with E-state index >= 15 is 0 Å². The zero-order chi connectivity index (χ0) is 18.2. The molecule has 0 aliphatic rings. The molecule has 0 amide bonds. The first kappa shape index (κ1) is 17.1. The van der Waals surface area contributed by atoms with Gasteiger partial charge in [0.2, 0.25) is 9.84 Å². The maximum absolute atomic E-state index is 14.5. The average molecular weight is 360 g/mol. The topological polar surface area (TPSA) is 54.4 Å². The summed E-state index contributed by atoms with van der Waals surface area (Å²) in [7, 11) is -4.11. The van der Waals surface area contributed by atoms with E-state index in [1.54, 1.807) is 12.1 Å². The van der Waals surface area contributed by atoms with E-state index in [0.29, 0.717) is 11.1 Å². The molecule has 6 heteroatoms. The summed E-state index contributed by atoms with van der Waals surface area (Å²) in [4.78, 5) is -0.700. The Morgan fingerprint density at radius 1 is 0.880 bits per heavy atom. The van der Waals surface area contributed by atoms with Crippen LogP contribution in [0.5, 0.6) is 5.75 Å². The van der Waals surface area contributed by atoms with Gasteiger partial charge in [-0.15, -0.1) is 0 Å². The van der Waals surface area contributed by atoms with Crippen molar-refractivity contribution in [2.24, 2.45) is 0 Å². The first-order valence-corrected chi connectivity index (χ1v) is 8.87. The van der Waals surface area contributed by atoms with Gasteiger partial charge in [-0.25, -0.2) is 17.2 Å². The molecule has 0 spiro atoms. The van der Waals surface area contributed by atoms with Crippen molar-refractivity contribution in [2.75, 3.05) is 0 Å². The minimum Gasteiger partial charge on any atom is -0.507 e. The van der Waals surface area contributed by atoms with E-state index in [1.165, 1.54) is 12.1 Å². The molecule has 0 aliphatic carbocycles. The quantitative estimate of drug-likeness (QED) is 0.701. The number of halogens is 2. The van der Waals surface area contributed by atoms with Gasteiger partial charge in [-0.2, -0.15) is 0 Å². The maximum atomic E-state index is 14.5. The summed E-state index contributed by atoms with van der Waals surface area (Å²) in [6, 6.07) is 12.7. The number of phenolic OH excluding ortho intramolecular Hbond substituents is 1. The molecule has 3 nitrogen and oxygen atoms in total. The number of hydrogen-bond donors (Lipinski definition) is 1. The lowest BCUT2D eigenvalue weighted by Crippen LogP contribution is -2.05. The molecule has 0 bridgehead atoms. The minimum atomic E-state index is -4.11. The van der Waals surface area contributed by atoms with Gasteiger partial charge >= 0.3 is 0 Å². The van der Waals surface area contributed by atoms with Crippen LogP contribution in [0, 0.1) is 18.6 Å². The molecule has 25 heavy (non-hydrogen) atoms. The van der Waals surface area contributed by atoms with Gasteiger partial charge in [-0.05, 0) is 61.0 Å². The predicted molar refractivity (Wildman–Crippen MR) is 90.1 cm³/mol. The minimum absolute atomic E-state index is 0.0286. The van der Waals surface area contributed by atoms with Crippen LogP contribution in [0.1, 0.15) is 5.56 Å². The molecule has 0 fully saturated rings. The maximum Gasteiger partial charge on any atom is 0.209 e. The first-order valence-electron chi connectivity index (χ1n) is 7.39. The fraction of sp³-hybridized carbons (Fsp3) is 0.0526. The second-order valence-corrected chi connectivity index (χ2v) is 7.54. The Balaban J connectivity index is 2.08. The smallest absolute Gasteiger partial charge is 0.209 e. The molecule has 0 aliphatic heterocycles. The molecule has 3 aromatic rings. The molecular formula is C19H14F2O3S. The summed E-state index contributed by atoms with van der Waals surface area (Å²) >= 11 is 0. The highest BCUT2D eigenvalue weighted by Gasteiger charge is 2.22. The Labute approximate surface area is 144 Å². The standard InChI is InChI=1S/C19H14F2O3S/c1-12-2-8-18(22)16(10-12)13-3-9-19(17(21)11-13)25(23,24)15-6-4-14(20)5-7-15/h2-11,22H,1H3. The molecular weight excluding hydrogens is 346 g/mol. The molecule has 0 radical (unpaired) electrons. The predicted octanol–water partition coefficient (Wildman–Crippen LogP) is 4.48. The van der Waals surface area contributed by atoms with E-state index in [-0.39, 0.29) is 10.6 Å². The van der Waals surface area contributed by atoms with Crippen molar-refractivity contribution in [3.63, 3.8) is 0 Å². The molecule has 0 heterocycles. The Kier molecular flexibility index (Phi) is 4.30. The highest BCUT2D eigenvalue weighted by Crippen LogP contribution is 2.33. The third kappa shape index (κ3) is 3.25. The summed E-state index contributed by atoms with van der Waals surface area (Å²) in [5.41, 5.74) is 1.64. The average Bonchev–Trinajstić information content (AvgIpc) is 2.57. The van der Waals surface area contributed by atoms with Crippen LogP contribution < -0.4 is 0 Å². The Morgan fingerprint density at radius 2 is 1.56 bits per heavy atom. The van der Waals surface area contributed by atoms with Crippen molar-refractivity contribution in [3.8, 4) is 16.9 Å². The van der Waals surface area contributed by atoms with Crippen LogP contribution in [-0.4, -0.2) is 13.5 Å². The van der Waals surface area contributed by atoms with E-state index < -0.39 is 26.4 Å². The number of benzene rings is 3. The first-order chi connectivity index (χ1) is 11.8. The van der Waals surface area contributed by atoms with Crippen molar-refractivity contribution >= 4 is 9.84 Å². The number of aromatic hydroxyl groups is 1. The molecule has 128 valence electrons. The van der Waals surface area contributed by atoms with E-state index in [2.05, 4.69) is 0 Å². The van der Waals surface area contributed by atoms with Crippen LogP contribution in [-0.2, 0) is 9.84 Å². The third-order valence-corrected chi connectivity index (χ3v) is 5.61. The number of aryl methyl sites for hydroxylation is 1. The van der Waals surface area contributed by atoms with E-state index in [4.69, 9.17) is 0 Å². The van der Waals surface area contributed by atoms with Crippen molar-refractivity contribution < 1.29 is 22.3 Å². The highest BCUT2D eigenvalue weighted by molar-refractivity contribution is 7.91. The van der Waals surface area contributed by atoms with Crippen molar-refractivity contribution in [2.45, 2.75) is 16.7 Å². The van der Waals surface area contributed by atoms with Crippen LogP contribution in [0.15, 0.2) is 70.5 Å². The lowest BCUT2D eigenvalue weighted by Gasteiger charge is -2.10. The van der Waals surface area contributed by atoms with Gasteiger partial charge in [0.1, 0.15) is 22.3 Å². The molecule has 0 unspecified atom stereocenters. The van der Waals surface area contributed by atoms with Gasteiger partial charge in [0.05, 0.1) is 4.90 Å². The van der Waals surface area contributed by atoms with E-state index in [1.807, 2.05) is 6.92 Å². The molecule has 0 atom stereocenters. The van der Waals surface area contributed by atoms with Crippen molar-refractivity contribution in [1.29, 1.82) is 0 Å². The fourth-order valence-electron chi connectivity index (χ4n) is 2.51. The summed E-state index contributed by atoms with van der Waals surface area (Å²) in [6.07, 6.45) is 0. The Morgan fingerprint density at radius 3 is 2.20 bits per heavy atom. The summed E-state index contributed by atoms with van der Waals surface area (Å²) in [5, 5.41) is 9.94. The SMILES string of the molecule is Cc1ccc(O)c(-c2ccc(S(=O)(=O)c3ccc(F)cc3)c(F)c2)c1. The van der Waals surface area contributed by atoms with Crippen LogP contribution in [0.3, 0.4) is 0 Å². The van der Waals surface area contributed by atoms with Crippen LogP contribution in [0.4, 0.5) is 8.78 Å². The van der Waals surface area contributed by atoms with Gasteiger partial charge in [0, 0.05) is 5.56 Å². The number of phenols is 1. The van der Waals surface area contributed by atoms with Gasteiger partial charge in [-0.3, -0.25) is 0 Å². The second kappa shape index (κ2) is 6.29. The molecule has 3 rings (SSSR count). The third-order valence-electron chi connectivity index (χ3n) is 3.81. The summed E-state index contributed by atoms with van der Waals surface area (Å²) < 4.78 is 52.5. The van der Waals surface area contributed by atoms with E-state index in [9.17, 15) is 22.3 Å². The molecule has 3 aromatic carbocycles. The van der Waals surface area contributed by atoms with Crippen LogP contribution in [0.25, 0.3) is 11.1 Å². The van der Waals surface area contributed by atoms with Gasteiger partial charge < -0.3 is 5.11 Å². The number of sulfone groups is 1. The Bertz CT molecular complexity index is 1040. The highest BCUT2D eigenvalue weighted by atomic mass is 32.2.